The molecule has 0 N–H and O–H groups in total. The summed E-state index contributed by atoms with van der Waals surface area (Å²) in [4.78, 5) is 23.2. The van der Waals surface area contributed by atoms with Gasteiger partial charge in [-0.3, -0.25) is 4.79 Å². The van der Waals surface area contributed by atoms with Crippen molar-refractivity contribution in [3.63, 3.8) is 0 Å². The van der Waals surface area contributed by atoms with Crippen molar-refractivity contribution in [2.45, 2.75) is 6.18 Å². The average molecular weight is 251 g/mol. The van der Waals surface area contributed by atoms with E-state index in [0.29, 0.717) is 6.08 Å². The molecule has 7 heteroatoms. The highest BCUT2D eigenvalue weighted by Crippen LogP contribution is 2.15. The van der Waals surface area contributed by atoms with Crippen LogP contribution in [-0.2, 0) is 14.3 Å². The fraction of sp³-hybridized carbons (Fsp3) is 0.400. The van der Waals surface area contributed by atoms with Gasteiger partial charge in [0.25, 0.3) is 0 Å². The first-order valence-corrected chi connectivity index (χ1v) is 4.55. The normalized spacial score (nSPS) is 11.3. The third kappa shape index (κ3) is 7.15. The summed E-state index contributed by atoms with van der Waals surface area (Å²) in [5, 5.41) is 0. The summed E-state index contributed by atoms with van der Waals surface area (Å²) in [7, 11) is 1.34. The summed E-state index contributed by atoms with van der Waals surface area (Å²) in [6.07, 6.45) is -2.53. The van der Waals surface area contributed by atoms with Crippen LogP contribution >= 0.6 is 0 Å². The van der Waals surface area contributed by atoms with Crippen LogP contribution in [0.4, 0.5) is 13.2 Å². The third-order valence-electron chi connectivity index (χ3n) is 1.54. The number of ether oxygens (including phenoxy) is 1. The Morgan fingerprint density at radius 3 is 2.47 bits per heavy atom. The molecular formula is C10H12F3NO3. The topological polar surface area (TPSA) is 46.6 Å². The fourth-order valence-corrected chi connectivity index (χ4v) is 0.800. The van der Waals surface area contributed by atoms with Gasteiger partial charge in [0, 0.05) is 19.7 Å². The van der Waals surface area contributed by atoms with E-state index in [9.17, 15) is 22.8 Å². The molecule has 4 nitrogen and oxygen atoms in total. The maximum Gasteiger partial charge on any atom is 0.409 e. The molecular weight excluding hydrogens is 239 g/mol. The van der Waals surface area contributed by atoms with E-state index in [4.69, 9.17) is 0 Å². The van der Waals surface area contributed by atoms with Gasteiger partial charge in [-0.1, -0.05) is 6.08 Å². The number of nitrogens with zero attached hydrogens (tertiary/aromatic N) is 1. The number of allylic oxidation sites excluding steroid dienone is 1. The van der Waals surface area contributed by atoms with Gasteiger partial charge in [0.05, 0.1) is 0 Å². The molecule has 0 heterocycles. The van der Waals surface area contributed by atoms with Gasteiger partial charge in [-0.15, -0.1) is 6.58 Å². The summed E-state index contributed by atoms with van der Waals surface area (Å²) in [5.41, 5.74) is 0. The van der Waals surface area contributed by atoms with Crippen LogP contribution in [0.1, 0.15) is 0 Å². The van der Waals surface area contributed by atoms with Gasteiger partial charge >= 0.3 is 18.1 Å². The van der Waals surface area contributed by atoms with Gasteiger partial charge in [-0.25, -0.2) is 4.79 Å². The fourth-order valence-electron chi connectivity index (χ4n) is 0.800. The lowest BCUT2D eigenvalue weighted by molar-refractivity contribution is -0.158. The molecule has 0 bridgehead atoms. The minimum Gasteiger partial charge on any atom is -0.454 e. The van der Waals surface area contributed by atoms with E-state index in [0.717, 1.165) is 4.90 Å². The van der Waals surface area contributed by atoms with Gasteiger partial charge in [0.15, 0.2) is 0 Å². The Bertz CT molecular complexity index is 323. The lowest BCUT2D eigenvalue weighted by Crippen LogP contribution is -2.34. The van der Waals surface area contributed by atoms with Crippen LogP contribution in [0.25, 0.3) is 0 Å². The number of carbonyl (C=O) groups is 2. The maximum atomic E-state index is 11.7. The zero-order valence-electron chi connectivity index (χ0n) is 9.16. The van der Waals surface area contributed by atoms with Crippen molar-refractivity contribution < 1.29 is 27.5 Å². The summed E-state index contributed by atoms with van der Waals surface area (Å²) in [6.45, 7) is 2.90. The summed E-state index contributed by atoms with van der Waals surface area (Å²) >= 11 is 0. The van der Waals surface area contributed by atoms with E-state index >= 15 is 0 Å². The number of hydrogen-bond donors (Lipinski definition) is 0. The molecule has 0 rings (SSSR count). The Morgan fingerprint density at radius 1 is 1.41 bits per heavy atom. The van der Waals surface area contributed by atoms with Crippen molar-refractivity contribution >= 4 is 11.9 Å². The second-order valence-corrected chi connectivity index (χ2v) is 3.02. The van der Waals surface area contributed by atoms with Crippen molar-refractivity contribution in [1.82, 2.24) is 4.90 Å². The van der Waals surface area contributed by atoms with Crippen molar-refractivity contribution in [2.75, 3.05) is 20.2 Å². The van der Waals surface area contributed by atoms with Crippen LogP contribution in [0.2, 0.25) is 0 Å². The standard InChI is InChI=1S/C10H12F3NO3/c1-3-6-14(2)8(15)9(16)17-7-4-5-10(11,12)13/h3-5H,1,6-7H2,2H3/b5-4+. The number of halogens is 3. The van der Waals surface area contributed by atoms with Gasteiger partial charge in [-0.2, -0.15) is 13.2 Å². The molecule has 0 spiro atoms. The van der Waals surface area contributed by atoms with E-state index in [-0.39, 0.29) is 12.6 Å². The highest BCUT2D eigenvalue weighted by molar-refractivity contribution is 6.32. The predicted octanol–water partition coefficient (Wildman–Crippen LogP) is 1.29. The molecule has 1 amide bonds. The van der Waals surface area contributed by atoms with E-state index in [1.165, 1.54) is 13.1 Å². The van der Waals surface area contributed by atoms with Crippen LogP contribution in [0.5, 0.6) is 0 Å². The summed E-state index contributed by atoms with van der Waals surface area (Å²) in [6, 6.07) is 0. The van der Waals surface area contributed by atoms with Crippen molar-refractivity contribution in [2.24, 2.45) is 0 Å². The lowest BCUT2D eigenvalue weighted by atomic mass is 10.4. The van der Waals surface area contributed by atoms with E-state index < -0.39 is 24.7 Å². The Balaban J connectivity index is 4.07. The molecule has 0 saturated heterocycles. The molecule has 0 aromatic carbocycles. The monoisotopic (exact) mass is 251 g/mol. The van der Waals surface area contributed by atoms with Crippen molar-refractivity contribution in [3.8, 4) is 0 Å². The zero-order valence-corrected chi connectivity index (χ0v) is 9.16. The van der Waals surface area contributed by atoms with Crippen molar-refractivity contribution in [3.05, 3.63) is 24.8 Å². The zero-order chi connectivity index (χ0) is 13.5. The number of esters is 1. The van der Waals surface area contributed by atoms with Crippen LogP contribution in [0.3, 0.4) is 0 Å². The molecule has 0 unspecified atom stereocenters. The Hall–Kier alpha value is -1.79. The smallest absolute Gasteiger partial charge is 0.409 e. The molecule has 0 saturated carbocycles. The van der Waals surface area contributed by atoms with Crippen LogP contribution in [-0.4, -0.2) is 43.2 Å². The quantitative estimate of drug-likeness (QED) is 0.429. The number of carbonyl (C=O) groups excluding carboxylic acids is 2. The first kappa shape index (κ1) is 15.2. The SMILES string of the molecule is C=CCN(C)C(=O)C(=O)OC/C=C/C(F)(F)F. The number of amides is 1. The highest BCUT2D eigenvalue weighted by Gasteiger charge is 2.22. The summed E-state index contributed by atoms with van der Waals surface area (Å²) < 4.78 is 39.3. The van der Waals surface area contributed by atoms with Gasteiger partial charge < -0.3 is 9.64 Å². The summed E-state index contributed by atoms with van der Waals surface area (Å²) in [5.74, 6) is -2.15. The van der Waals surface area contributed by atoms with Gasteiger partial charge in [0.1, 0.15) is 6.61 Å². The molecule has 0 fully saturated rings. The molecule has 96 valence electrons. The maximum absolute atomic E-state index is 11.7. The van der Waals surface area contributed by atoms with E-state index in [1.807, 2.05) is 0 Å². The molecule has 17 heavy (non-hydrogen) atoms. The molecule has 0 aromatic heterocycles. The predicted molar refractivity (Wildman–Crippen MR) is 54.0 cm³/mol. The minimum absolute atomic E-state index is 0.0712. The van der Waals surface area contributed by atoms with Gasteiger partial charge in [0.2, 0.25) is 0 Å². The second kappa shape index (κ2) is 6.72. The Labute approximate surface area is 96.3 Å². The number of rotatable bonds is 4. The van der Waals surface area contributed by atoms with Crippen LogP contribution in [0.15, 0.2) is 24.8 Å². The average Bonchev–Trinajstić information content (AvgIpc) is 2.22. The minimum atomic E-state index is -4.46. The van der Waals surface area contributed by atoms with Crippen LogP contribution < -0.4 is 0 Å². The second-order valence-electron chi connectivity index (χ2n) is 3.02. The van der Waals surface area contributed by atoms with Crippen LogP contribution in [0, 0.1) is 0 Å². The molecule has 0 aromatic rings. The molecule has 0 aliphatic rings. The highest BCUT2D eigenvalue weighted by atomic mass is 19.4. The lowest BCUT2D eigenvalue weighted by Gasteiger charge is -2.12. The molecule has 0 atom stereocenters. The number of alkyl halides is 3. The van der Waals surface area contributed by atoms with Crippen molar-refractivity contribution in [1.29, 1.82) is 0 Å². The van der Waals surface area contributed by atoms with E-state index in [1.54, 1.807) is 0 Å². The Kier molecular flexibility index (Phi) is 6.01. The Morgan fingerprint density at radius 2 is 2.00 bits per heavy atom. The molecule has 0 aliphatic carbocycles. The first-order chi connectivity index (χ1) is 7.78. The van der Waals surface area contributed by atoms with E-state index in [2.05, 4.69) is 11.3 Å². The number of likely N-dealkylation sites (N-methyl/N-ethyl adjacent to an activating group) is 1. The first-order valence-electron chi connectivity index (χ1n) is 4.55. The van der Waals surface area contributed by atoms with Gasteiger partial charge in [-0.05, 0) is 6.08 Å². The molecule has 0 radical (unpaired) electrons. The number of hydrogen-bond acceptors (Lipinski definition) is 3. The third-order valence-corrected chi connectivity index (χ3v) is 1.54. The largest absolute Gasteiger partial charge is 0.454 e. The molecule has 0 aliphatic heterocycles.